The predicted octanol–water partition coefficient (Wildman–Crippen LogP) is 5.38. The fourth-order valence-electron chi connectivity index (χ4n) is 4.36. The van der Waals surface area contributed by atoms with Crippen LogP contribution in [0.2, 0.25) is 5.02 Å². The molecule has 10 heteroatoms. The highest BCUT2D eigenvalue weighted by molar-refractivity contribution is 7.98. The summed E-state index contributed by atoms with van der Waals surface area (Å²) >= 11 is 13.9. The van der Waals surface area contributed by atoms with Gasteiger partial charge >= 0.3 is 0 Å². The number of carbonyl (C=O) groups is 1. The first-order valence-electron chi connectivity index (χ1n) is 12.8. The molecule has 0 radical (unpaired) electrons. The summed E-state index contributed by atoms with van der Waals surface area (Å²) in [7, 11) is 0. The van der Waals surface area contributed by atoms with E-state index < -0.39 is 0 Å². The zero-order chi connectivity index (χ0) is 26.9. The van der Waals surface area contributed by atoms with Crippen molar-refractivity contribution in [3.63, 3.8) is 0 Å². The van der Waals surface area contributed by atoms with Crippen LogP contribution in [0.3, 0.4) is 0 Å². The molecule has 2 heterocycles. The van der Waals surface area contributed by atoms with Gasteiger partial charge < -0.3 is 15.5 Å². The quantitative estimate of drug-likeness (QED) is 0.147. The Kier molecular flexibility index (Phi) is 10.2. The number of nitrogens with one attached hydrogen (secondary N) is 4. The summed E-state index contributed by atoms with van der Waals surface area (Å²) in [5.74, 6) is 1.09. The van der Waals surface area contributed by atoms with E-state index in [0.717, 1.165) is 31.8 Å². The molecule has 200 valence electrons. The van der Waals surface area contributed by atoms with Gasteiger partial charge in [0.2, 0.25) is 0 Å². The summed E-state index contributed by atoms with van der Waals surface area (Å²) in [6.07, 6.45) is 2.39. The second kappa shape index (κ2) is 13.8. The zero-order valence-electron chi connectivity index (χ0n) is 21.6. The number of hydrogen-bond donors (Lipinski definition) is 4. The summed E-state index contributed by atoms with van der Waals surface area (Å²) in [5, 5.41) is 7.09. The van der Waals surface area contributed by atoms with Crippen molar-refractivity contribution < 1.29 is 4.79 Å². The SMILES string of the molecule is CCN(CC)CCCNC(=O)c1cnc(NNC(=S)NC2c3ccccc3CSc3ccccc32)c(Cl)c1. The van der Waals surface area contributed by atoms with Crippen LogP contribution in [0.1, 0.15) is 53.4 Å². The van der Waals surface area contributed by atoms with Crippen LogP contribution < -0.4 is 21.5 Å². The van der Waals surface area contributed by atoms with Crippen LogP contribution in [0.15, 0.2) is 65.7 Å². The van der Waals surface area contributed by atoms with Crippen molar-refractivity contribution >= 4 is 52.4 Å². The van der Waals surface area contributed by atoms with Gasteiger partial charge in [-0.2, -0.15) is 0 Å². The Morgan fingerprint density at radius 1 is 1.13 bits per heavy atom. The maximum Gasteiger partial charge on any atom is 0.252 e. The number of hydrogen-bond acceptors (Lipinski definition) is 6. The number of hydrazine groups is 1. The predicted molar refractivity (Wildman–Crippen MR) is 161 cm³/mol. The van der Waals surface area contributed by atoms with E-state index in [-0.39, 0.29) is 11.9 Å². The maximum atomic E-state index is 12.5. The Morgan fingerprint density at radius 3 is 2.63 bits per heavy atom. The molecule has 4 rings (SSSR count). The molecule has 0 fully saturated rings. The van der Waals surface area contributed by atoms with E-state index in [9.17, 15) is 4.79 Å². The van der Waals surface area contributed by atoms with Crippen LogP contribution in [-0.2, 0) is 5.75 Å². The van der Waals surface area contributed by atoms with Gasteiger partial charge in [-0.3, -0.25) is 15.6 Å². The number of halogens is 1. The lowest BCUT2D eigenvalue weighted by atomic mass is 9.95. The Bertz CT molecular complexity index is 1220. The van der Waals surface area contributed by atoms with Crippen molar-refractivity contribution in [3.8, 4) is 0 Å². The van der Waals surface area contributed by atoms with Crippen LogP contribution in [0.25, 0.3) is 0 Å². The molecule has 1 unspecified atom stereocenters. The normalized spacial score (nSPS) is 14.2. The van der Waals surface area contributed by atoms with E-state index in [1.807, 2.05) is 23.9 Å². The highest BCUT2D eigenvalue weighted by atomic mass is 35.5. The second-order valence-electron chi connectivity index (χ2n) is 8.87. The lowest BCUT2D eigenvalue weighted by Crippen LogP contribution is -2.41. The van der Waals surface area contributed by atoms with E-state index in [1.54, 1.807) is 6.07 Å². The van der Waals surface area contributed by atoms with Crippen molar-refractivity contribution in [2.24, 2.45) is 0 Å². The summed E-state index contributed by atoms with van der Waals surface area (Å²) in [6, 6.07) is 18.3. The molecule has 0 saturated heterocycles. The highest BCUT2D eigenvalue weighted by Gasteiger charge is 2.24. The van der Waals surface area contributed by atoms with Crippen LogP contribution in [-0.4, -0.2) is 47.1 Å². The summed E-state index contributed by atoms with van der Waals surface area (Å²) in [5.41, 5.74) is 10.0. The average Bonchev–Trinajstić information content (AvgIpc) is 3.09. The molecule has 1 aliphatic heterocycles. The highest BCUT2D eigenvalue weighted by Crippen LogP contribution is 2.39. The van der Waals surface area contributed by atoms with Gasteiger partial charge in [0.25, 0.3) is 5.91 Å². The number of aromatic nitrogens is 1. The van der Waals surface area contributed by atoms with Gasteiger partial charge in [-0.05, 0) is 67.1 Å². The van der Waals surface area contributed by atoms with E-state index in [0.29, 0.717) is 28.1 Å². The number of benzene rings is 2. The van der Waals surface area contributed by atoms with Gasteiger partial charge in [0, 0.05) is 23.4 Å². The standard InChI is InChI=1S/C28H33ClN6OS2/c1-3-35(4-2)15-9-14-30-27(36)20-16-23(29)26(31-17-20)33-34-28(37)32-25-21-11-6-5-10-19(21)18-38-24-13-8-7-12-22(24)25/h5-8,10-13,16-17,25H,3-4,9,14-15,18H2,1-2H3,(H,30,36)(H,31,33)(H2,32,34,37). The first-order chi connectivity index (χ1) is 18.5. The molecule has 0 bridgehead atoms. The molecule has 1 amide bonds. The van der Waals surface area contributed by atoms with Gasteiger partial charge in [0.05, 0.1) is 16.6 Å². The van der Waals surface area contributed by atoms with Crippen LogP contribution in [0.4, 0.5) is 5.82 Å². The lowest BCUT2D eigenvalue weighted by molar-refractivity contribution is 0.0951. The molecule has 0 spiro atoms. The Hall–Kier alpha value is -2.85. The van der Waals surface area contributed by atoms with Gasteiger partial charge in [0.1, 0.15) is 0 Å². The fourth-order valence-corrected chi connectivity index (χ4v) is 5.84. The monoisotopic (exact) mass is 568 g/mol. The molecule has 3 aromatic rings. The number of amides is 1. The third-order valence-electron chi connectivity index (χ3n) is 6.48. The van der Waals surface area contributed by atoms with Crippen molar-refractivity contribution in [2.75, 3.05) is 31.6 Å². The Balaban J connectivity index is 1.35. The Labute approximate surface area is 239 Å². The smallest absolute Gasteiger partial charge is 0.252 e. The molecular formula is C28H33ClN6OS2. The van der Waals surface area contributed by atoms with Gasteiger partial charge in [-0.15, -0.1) is 11.8 Å². The van der Waals surface area contributed by atoms with Crippen molar-refractivity contribution in [2.45, 2.75) is 37.0 Å². The van der Waals surface area contributed by atoms with Crippen molar-refractivity contribution in [3.05, 3.63) is 88.1 Å². The summed E-state index contributed by atoms with van der Waals surface area (Å²) in [4.78, 5) is 20.4. The molecular weight excluding hydrogens is 536 g/mol. The number of nitrogens with zero attached hydrogens (tertiary/aromatic N) is 2. The van der Waals surface area contributed by atoms with Gasteiger partial charge in [0.15, 0.2) is 10.9 Å². The van der Waals surface area contributed by atoms with Crippen LogP contribution in [0.5, 0.6) is 0 Å². The molecule has 2 aromatic carbocycles. The summed E-state index contributed by atoms with van der Waals surface area (Å²) in [6.45, 7) is 7.83. The van der Waals surface area contributed by atoms with Crippen LogP contribution >= 0.6 is 35.6 Å². The van der Waals surface area contributed by atoms with E-state index >= 15 is 0 Å². The first kappa shape index (κ1) is 28.2. The molecule has 4 N–H and O–H groups in total. The number of pyridine rings is 1. The number of thiocarbonyl (C=S) groups is 1. The minimum atomic E-state index is -0.195. The molecule has 0 aliphatic carbocycles. The fraction of sp³-hybridized carbons (Fsp3) is 0.321. The zero-order valence-corrected chi connectivity index (χ0v) is 24.0. The van der Waals surface area contributed by atoms with E-state index in [4.69, 9.17) is 23.8 Å². The number of rotatable bonds is 10. The first-order valence-corrected chi connectivity index (χ1v) is 14.6. The number of anilines is 1. The maximum absolute atomic E-state index is 12.5. The lowest BCUT2D eigenvalue weighted by Gasteiger charge is -2.23. The minimum Gasteiger partial charge on any atom is -0.352 e. The van der Waals surface area contributed by atoms with E-state index in [2.05, 4.69) is 81.6 Å². The number of thioether (sulfide) groups is 1. The van der Waals surface area contributed by atoms with Crippen molar-refractivity contribution in [1.29, 1.82) is 0 Å². The molecule has 7 nitrogen and oxygen atoms in total. The third-order valence-corrected chi connectivity index (χ3v) is 8.13. The van der Waals surface area contributed by atoms with Crippen molar-refractivity contribution in [1.82, 2.24) is 25.9 Å². The summed E-state index contributed by atoms with van der Waals surface area (Å²) < 4.78 is 0. The Morgan fingerprint density at radius 2 is 1.87 bits per heavy atom. The molecule has 1 aliphatic rings. The number of carbonyl (C=O) groups excluding carboxylic acids is 1. The minimum absolute atomic E-state index is 0.101. The van der Waals surface area contributed by atoms with Gasteiger partial charge in [-0.25, -0.2) is 4.98 Å². The van der Waals surface area contributed by atoms with E-state index in [1.165, 1.54) is 27.8 Å². The third kappa shape index (κ3) is 7.17. The van der Waals surface area contributed by atoms with Gasteiger partial charge in [-0.1, -0.05) is 67.9 Å². The second-order valence-corrected chi connectivity index (χ2v) is 10.7. The largest absolute Gasteiger partial charge is 0.352 e. The molecule has 38 heavy (non-hydrogen) atoms. The topological polar surface area (TPSA) is 81.3 Å². The molecule has 0 saturated carbocycles. The molecule has 1 aromatic heterocycles. The molecule has 1 atom stereocenters. The average molecular weight is 569 g/mol. The number of fused-ring (bicyclic) bond motifs is 2. The van der Waals surface area contributed by atoms with Crippen LogP contribution in [0, 0.1) is 0 Å².